The van der Waals surface area contributed by atoms with Gasteiger partial charge in [0.05, 0.1) is 26.0 Å². The zero-order valence-corrected chi connectivity index (χ0v) is 16.7. The molecule has 1 atom stereocenters. The number of aromatic hydroxyl groups is 1. The highest BCUT2D eigenvalue weighted by atomic mass is 16.5. The summed E-state index contributed by atoms with van der Waals surface area (Å²) >= 11 is 0. The molecule has 5 rings (SSSR count). The zero-order valence-electron chi connectivity index (χ0n) is 16.7. The Bertz CT molecular complexity index is 1100. The van der Waals surface area contributed by atoms with Crippen LogP contribution in [0.25, 0.3) is 21.9 Å². The minimum absolute atomic E-state index is 0.158. The maximum atomic E-state index is 11.5. The lowest BCUT2D eigenvalue weighted by Crippen LogP contribution is -2.36. The zero-order chi connectivity index (χ0) is 20.2. The van der Waals surface area contributed by atoms with Gasteiger partial charge in [-0.1, -0.05) is 31.2 Å². The van der Waals surface area contributed by atoms with E-state index >= 15 is 0 Å². The standard InChI is InChI=1S/C24H25NO4/c1-3-24(27)18-7-5-4-6-15(18)23-17-12-20(25-8-10-29-11-9-25)22(28-2)13-16(17)21(26)14-19(23)24/h4-7,12-14,26-27H,3,8-11H2,1-2H3. The average Bonchev–Trinajstić information content (AvgIpc) is 3.03. The molecule has 0 saturated carbocycles. The van der Waals surface area contributed by atoms with E-state index in [0.29, 0.717) is 19.6 Å². The van der Waals surface area contributed by atoms with Crippen molar-refractivity contribution in [1.82, 2.24) is 0 Å². The average molecular weight is 391 g/mol. The number of phenols is 1. The Morgan fingerprint density at radius 3 is 2.55 bits per heavy atom. The fourth-order valence-corrected chi connectivity index (χ4v) is 4.84. The fraction of sp³-hybridized carbons (Fsp3) is 0.333. The molecule has 2 aliphatic rings. The summed E-state index contributed by atoms with van der Waals surface area (Å²) in [5.74, 6) is 0.886. The largest absolute Gasteiger partial charge is 0.507 e. The minimum atomic E-state index is -1.10. The molecular weight excluding hydrogens is 366 g/mol. The van der Waals surface area contributed by atoms with Crippen LogP contribution in [0.15, 0.2) is 42.5 Å². The van der Waals surface area contributed by atoms with Gasteiger partial charge in [-0.25, -0.2) is 0 Å². The number of ether oxygens (including phenoxy) is 2. The van der Waals surface area contributed by atoms with Crippen molar-refractivity contribution in [3.8, 4) is 22.6 Å². The quantitative estimate of drug-likeness (QED) is 0.706. The van der Waals surface area contributed by atoms with Gasteiger partial charge in [-0.15, -0.1) is 0 Å². The van der Waals surface area contributed by atoms with Gasteiger partial charge in [-0.2, -0.15) is 0 Å². The summed E-state index contributed by atoms with van der Waals surface area (Å²) in [4.78, 5) is 2.26. The number of anilines is 1. The third-order valence-electron chi connectivity index (χ3n) is 6.37. The number of hydrogen-bond acceptors (Lipinski definition) is 5. The van der Waals surface area contributed by atoms with Crippen LogP contribution in [-0.4, -0.2) is 43.6 Å². The van der Waals surface area contributed by atoms with Crippen LogP contribution in [0.1, 0.15) is 24.5 Å². The first kappa shape index (κ1) is 18.3. The monoisotopic (exact) mass is 391 g/mol. The molecule has 5 nitrogen and oxygen atoms in total. The van der Waals surface area contributed by atoms with Crippen LogP contribution in [0, 0.1) is 0 Å². The molecule has 5 heteroatoms. The second-order valence-corrected chi connectivity index (χ2v) is 7.75. The molecule has 1 fully saturated rings. The van der Waals surface area contributed by atoms with E-state index in [1.807, 2.05) is 31.2 Å². The van der Waals surface area contributed by atoms with Crippen LogP contribution >= 0.6 is 0 Å². The summed E-state index contributed by atoms with van der Waals surface area (Å²) in [6, 6.07) is 13.7. The highest BCUT2D eigenvalue weighted by Crippen LogP contribution is 2.54. The van der Waals surface area contributed by atoms with Crippen molar-refractivity contribution < 1.29 is 19.7 Å². The molecule has 0 aromatic heterocycles. The molecule has 1 aliphatic heterocycles. The predicted molar refractivity (Wildman–Crippen MR) is 114 cm³/mol. The van der Waals surface area contributed by atoms with E-state index in [9.17, 15) is 10.2 Å². The summed E-state index contributed by atoms with van der Waals surface area (Å²) in [5, 5.41) is 24.1. The van der Waals surface area contributed by atoms with E-state index in [4.69, 9.17) is 9.47 Å². The van der Waals surface area contributed by atoms with Crippen molar-refractivity contribution in [2.24, 2.45) is 0 Å². The molecule has 2 N–H and O–H groups in total. The van der Waals surface area contributed by atoms with Crippen molar-refractivity contribution in [2.75, 3.05) is 38.3 Å². The Hall–Kier alpha value is -2.76. The first-order valence-electron chi connectivity index (χ1n) is 10.1. The lowest BCUT2D eigenvalue weighted by molar-refractivity contribution is 0.0812. The number of hydrogen-bond donors (Lipinski definition) is 2. The Balaban J connectivity index is 1.84. The van der Waals surface area contributed by atoms with Crippen LogP contribution in [0.5, 0.6) is 11.5 Å². The van der Waals surface area contributed by atoms with E-state index in [0.717, 1.165) is 57.6 Å². The molecule has 3 aromatic carbocycles. The van der Waals surface area contributed by atoms with Gasteiger partial charge in [0.1, 0.15) is 17.1 Å². The van der Waals surface area contributed by atoms with Crippen molar-refractivity contribution in [2.45, 2.75) is 18.9 Å². The number of rotatable bonds is 3. The van der Waals surface area contributed by atoms with Gasteiger partial charge in [0.2, 0.25) is 0 Å². The normalized spacial score (nSPS) is 20.6. The minimum Gasteiger partial charge on any atom is -0.507 e. The van der Waals surface area contributed by atoms with Gasteiger partial charge in [0.15, 0.2) is 0 Å². The molecular formula is C24H25NO4. The molecule has 0 amide bonds. The maximum Gasteiger partial charge on any atom is 0.142 e. The van der Waals surface area contributed by atoms with Gasteiger partial charge in [-0.3, -0.25) is 0 Å². The number of benzene rings is 3. The van der Waals surface area contributed by atoms with E-state index in [1.165, 1.54) is 0 Å². The smallest absolute Gasteiger partial charge is 0.142 e. The molecule has 1 heterocycles. The summed E-state index contributed by atoms with van der Waals surface area (Å²) in [6.07, 6.45) is 0.536. The number of morpholine rings is 1. The van der Waals surface area contributed by atoms with Crippen molar-refractivity contribution in [3.05, 3.63) is 53.6 Å². The van der Waals surface area contributed by atoms with E-state index in [2.05, 4.69) is 17.0 Å². The van der Waals surface area contributed by atoms with Gasteiger partial charge >= 0.3 is 0 Å². The van der Waals surface area contributed by atoms with Crippen molar-refractivity contribution in [3.63, 3.8) is 0 Å². The summed E-state index contributed by atoms with van der Waals surface area (Å²) in [5.41, 5.74) is 3.57. The first-order valence-corrected chi connectivity index (χ1v) is 10.1. The molecule has 1 unspecified atom stereocenters. The fourth-order valence-electron chi connectivity index (χ4n) is 4.84. The van der Waals surface area contributed by atoms with E-state index < -0.39 is 5.60 Å². The Morgan fingerprint density at radius 2 is 1.83 bits per heavy atom. The Labute approximate surface area is 170 Å². The van der Waals surface area contributed by atoms with Crippen LogP contribution in [-0.2, 0) is 10.3 Å². The first-order chi connectivity index (χ1) is 14.1. The highest BCUT2D eigenvalue weighted by molar-refractivity contribution is 6.07. The maximum absolute atomic E-state index is 11.5. The third-order valence-corrected chi connectivity index (χ3v) is 6.37. The van der Waals surface area contributed by atoms with Crippen LogP contribution < -0.4 is 9.64 Å². The molecule has 3 aromatic rings. The number of methoxy groups -OCH3 is 1. The SMILES string of the molecule is CCC1(O)c2ccccc2-c2c1cc(O)c1cc(OC)c(N3CCOCC3)cc21. The van der Waals surface area contributed by atoms with Crippen molar-refractivity contribution >= 4 is 16.5 Å². The second-order valence-electron chi connectivity index (χ2n) is 7.75. The van der Waals surface area contributed by atoms with Crippen LogP contribution in [0.2, 0.25) is 0 Å². The molecule has 0 radical (unpaired) electrons. The third kappa shape index (κ3) is 2.54. The summed E-state index contributed by atoms with van der Waals surface area (Å²) in [6.45, 7) is 4.91. The molecule has 29 heavy (non-hydrogen) atoms. The van der Waals surface area contributed by atoms with Crippen LogP contribution in [0.4, 0.5) is 5.69 Å². The summed E-state index contributed by atoms with van der Waals surface area (Å²) in [7, 11) is 1.65. The van der Waals surface area contributed by atoms with Crippen LogP contribution in [0.3, 0.4) is 0 Å². The van der Waals surface area contributed by atoms with Gasteiger partial charge < -0.3 is 24.6 Å². The Morgan fingerprint density at radius 1 is 1.07 bits per heavy atom. The number of nitrogens with zero attached hydrogens (tertiary/aromatic N) is 1. The van der Waals surface area contributed by atoms with Gasteiger partial charge in [0.25, 0.3) is 0 Å². The molecule has 0 bridgehead atoms. The highest BCUT2D eigenvalue weighted by Gasteiger charge is 2.41. The topological polar surface area (TPSA) is 62.2 Å². The molecule has 0 spiro atoms. The lowest BCUT2D eigenvalue weighted by atomic mass is 9.88. The molecule has 150 valence electrons. The lowest BCUT2D eigenvalue weighted by Gasteiger charge is -2.30. The number of fused-ring (bicyclic) bond motifs is 5. The molecule has 1 saturated heterocycles. The summed E-state index contributed by atoms with van der Waals surface area (Å²) < 4.78 is 11.2. The van der Waals surface area contributed by atoms with E-state index in [-0.39, 0.29) is 5.75 Å². The van der Waals surface area contributed by atoms with Gasteiger partial charge in [0, 0.05) is 24.0 Å². The van der Waals surface area contributed by atoms with Crippen molar-refractivity contribution in [1.29, 1.82) is 0 Å². The Kier molecular flexibility index (Phi) is 4.19. The number of aliphatic hydroxyl groups is 1. The van der Waals surface area contributed by atoms with E-state index in [1.54, 1.807) is 13.2 Å². The number of phenolic OH excluding ortho intramolecular Hbond substituents is 1. The second kappa shape index (κ2) is 6.65. The predicted octanol–water partition coefficient (Wildman–Crippen LogP) is 4.02. The van der Waals surface area contributed by atoms with Gasteiger partial charge in [-0.05, 0) is 46.7 Å². The molecule has 1 aliphatic carbocycles.